The maximum Gasteiger partial charge on any atom is 0.445 e. The molecule has 3 rings (SSSR count). The molecule has 0 aromatic carbocycles. The third kappa shape index (κ3) is 3.84. The first-order chi connectivity index (χ1) is 14.6. The fourth-order valence-corrected chi connectivity index (χ4v) is 2.69. The van der Waals surface area contributed by atoms with E-state index in [4.69, 9.17) is 4.74 Å². The first kappa shape index (κ1) is 21.9. The summed E-state index contributed by atoms with van der Waals surface area (Å²) < 4.78 is 46.6. The number of nitrogens with one attached hydrogen (secondary N) is 2. The quantitative estimate of drug-likeness (QED) is 0.473. The van der Waals surface area contributed by atoms with Gasteiger partial charge in [0.25, 0.3) is 5.91 Å². The molecule has 164 valence electrons. The van der Waals surface area contributed by atoms with Crippen LogP contribution in [0.5, 0.6) is 0 Å². The first-order valence-corrected chi connectivity index (χ1v) is 8.75. The number of hydrazone groups is 2. The van der Waals surface area contributed by atoms with Gasteiger partial charge in [-0.05, 0) is 26.0 Å². The number of pyridine rings is 1. The predicted octanol–water partition coefficient (Wildman–Crippen LogP) is 1.53. The molecule has 0 fully saturated rings. The molecule has 1 amide bonds. The molecule has 31 heavy (non-hydrogen) atoms. The van der Waals surface area contributed by atoms with E-state index in [1.165, 1.54) is 24.5 Å². The van der Waals surface area contributed by atoms with E-state index in [-0.39, 0.29) is 34.3 Å². The molecule has 0 saturated heterocycles. The number of amides is 1. The molecule has 0 aliphatic carbocycles. The summed E-state index contributed by atoms with van der Waals surface area (Å²) in [5.74, 6) is -2.20. The van der Waals surface area contributed by atoms with Gasteiger partial charge in [0.1, 0.15) is 11.3 Å². The number of halogens is 3. The Morgan fingerprint density at radius 1 is 1.35 bits per heavy atom. The second kappa shape index (κ2) is 8.14. The number of rotatable bonds is 5. The largest absolute Gasteiger partial charge is 0.462 e. The van der Waals surface area contributed by atoms with Gasteiger partial charge < -0.3 is 9.84 Å². The lowest BCUT2D eigenvalue weighted by Gasteiger charge is -2.32. The zero-order valence-electron chi connectivity index (χ0n) is 16.1. The number of anilines is 1. The van der Waals surface area contributed by atoms with Crippen LogP contribution < -0.4 is 5.43 Å². The van der Waals surface area contributed by atoms with Crippen LogP contribution in [-0.4, -0.2) is 67.1 Å². The Hall–Kier alpha value is -3.81. The van der Waals surface area contributed by atoms with Gasteiger partial charge in [0.05, 0.1) is 18.5 Å². The van der Waals surface area contributed by atoms with Gasteiger partial charge in [-0.1, -0.05) is 0 Å². The fraction of sp³-hybridized carbons (Fsp3) is 0.294. The molecule has 0 spiro atoms. The molecule has 3 N–H and O–H groups in total. The molecule has 1 aliphatic heterocycles. The van der Waals surface area contributed by atoms with Crippen LogP contribution in [0.15, 0.2) is 40.9 Å². The fourth-order valence-electron chi connectivity index (χ4n) is 2.69. The molecule has 2 aromatic heterocycles. The average Bonchev–Trinajstić information content (AvgIpc) is 3.29. The van der Waals surface area contributed by atoms with Crippen molar-refractivity contribution < 1.29 is 32.6 Å². The van der Waals surface area contributed by atoms with Crippen molar-refractivity contribution in [3.05, 3.63) is 41.9 Å². The minimum atomic E-state index is -5.37. The molecule has 0 bridgehead atoms. The summed E-state index contributed by atoms with van der Waals surface area (Å²) in [6.07, 6.45) is -1.86. The van der Waals surface area contributed by atoms with E-state index >= 15 is 0 Å². The Labute approximate surface area is 172 Å². The number of hydrogen-bond acceptors (Lipinski definition) is 9. The molecule has 14 heteroatoms. The number of alkyl halides is 3. The topological polar surface area (TPSA) is 145 Å². The summed E-state index contributed by atoms with van der Waals surface area (Å²) >= 11 is 0. The van der Waals surface area contributed by atoms with Crippen LogP contribution in [0.1, 0.15) is 34.6 Å². The number of esters is 1. The molecule has 2 aromatic rings. The number of aromatic nitrogens is 3. The second-order valence-corrected chi connectivity index (χ2v) is 6.16. The van der Waals surface area contributed by atoms with Crippen molar-refractivity contribution in [1.29, 1.82) is 0 Å². The molecule has 0 saturated carbocycles. The van der Waals surface area contributed by atoms with Gasteiger partial charge in [-0.15, -0.1) is 0 Å². The zero-order chi connectivity index (χ0) is 22.8. The Kier molecular flexibility index (Phi) is 5.75. The van der Waals surface area contributed by atoms with Crippen LogP contribution in [0.2, 0.25) is 0 Å². The number of carbonyl (C=O) groups is 2. The van der Waals surface area contributed by atoms with Gasteiger partial charge in [0.15, 0.2) is 5.82 Å². The minimum absolute atomic E-state index is 0.0592. The normalized spacial score (nSPS) is 20.0. The number of H-pyrrole nitrogens is 1. The van der Waals surface area contributed by atoms with Crippen molar-refractivity contribution in [2.24, 2.45) is 10.2 Å². The van der Waals surface area contributed by atoms with Crippen LogP contribution in [0.4, 0.5) is 19.0 Å². The van der Waals surface area contributed by atoms with Gasteiger partial charge >= 0.3 is 17.9 Å². The summed E-state index contributed by atoms with van der Waals surface area (Å²) in [6.45, 7) is 2.77. The van der Waals surface area contributed by atoms with E-state index in [0.29, 0.717) is 0 Å². The van der Waals surface area contributed by atoms with Gasteiger partial charge in [-0.3, -0.25) is 20.3 Å². The van der Waals surface area contributed by atoms with Crippen molar-refractivity contribution in [2.75, 3.05) is 12.0 Å². The van der Waals surface area contributed by atoms with Crippen molar-refractivity contribution in [1.82, 2.24) is 20.2 Å². The van der Waals surface area contributed by atoms with E-state index in [0.717, 1.165) is 13.1 Å². The molecule has 11 nitrogen and oxygen atoms in total. The summed E-state index contributed by atoms with van der Waals surface area (Å²) in [5, 5.41) is 23.6. The van der Waals surface area contributed by atoms with Crippen LogP contribution in [0.25, 0.3) is 0 Å². The maximum absolute atomic E-state index is 13.9. The van der Waals surface area contributed by atoms with Crippen LogP contribution in [-0.2, 0) is 4.74 Å². The number of carbonyl (C=O) groups excluding carboxylic acids is 2. The summed E-state index contributed by atoms with van der Waals surface area (Å²) in [5.41, 5.74) is -3.34. The molecular formula is C17H16F3N7O4. The number of nitrogens with zero attached hydrogens (tertiary/aromatic N) is 5. The Bertz CT molecular complexity index is 1050. The van der Waals surface area contributed by atoms with E-state index in [9.17, 15) is 27.9 Å². The third-order valence-electron chi connectivity index (χ3n) is 4.16. The van der Waals surface area contributed by atoms with Gasteiger partial charge in [-0.2, -0.15) is 33.5 Å². The number of ether oxygens (including phenoxy) is 1. The monoisotopic (exact) mass is 439 g/mol. The minimum Gasteiger partial charge on any atom is -0.462 e. The molecule has 0 radical (unpaired) electrons. The lowest BCUT2D eigenvalue weighted by Crippen LogP contribution is -2.61. The van der Waals surface area contributed by atoms with Crippen LogP contribution in [0, 0.1) is 0 Å². The summed E-state index contributed by atoms with van der Waals surface area (Å²) in [7, 11) is 0. The van der Waals surface area contributed by atoms with E-state index in [1.54, 1.807) is 6.92 Å². The average molecular weight is 439 g/mol. The summed E-state index contributed by atoms with van der Waals surface area (Å²) in [6, 6.07) is 2.35. The number of aromatic amines is 1. The number of aliphatic hydroxyl groups is 1. The predicted molar refractivity (Wildman–Crippen MR) is 100 cm³/mol. The lowest BCUT2D eigenvalue weighted by molar-refractivity contribution is -0.268. The Balaban J connectivity index is 1.99. The molecule has 1 atom stereocenters. The number of hydrogen-bond donors (Lipinski definition) is 3. The smallest absolute Gasteiger partial charge is 0.445 e. The highest BCUT2D eigenvalue weighted by atomic mass is 19.4. The first-order valence-electron chi connectivity index (χ1n) is 8.75. The Morgan fingerprint density at radius 3 is 2.65 bits per heavy atom. The van der Waals surface area contributed by atoms with Gasteiger partial charge in [0, 0.05) is 18.0 Å². The Morgan fingerprint density at radius 2 is 2.03 bits per heavy atom. The van der Waals surface area contributed by atoms with Crippen LogP contribution >= 0.6 is 0 Å². The molecule has 3 heterocycles. The van der Waals surface area contributed by atoms with E-state index < -0.39 is 29.5 Å². The highest BCUT2D eigenvalue weighted by molar-refractivity contribution is 6.46. The van der Waals surface area contributed by atoms with Crippen molar-refractivity contribution >= 4 is 29.1 Å². The second-order valence-electron chi connectivity index (χ2n) is 6.16. The zero-order valence-corrected chi connectivity index (χ0v) is 16.1. The van der Waals surface area contributed by atoms with Gasteiger partial charge in [-0.25, -0.2) is 4.79 Å². The highest BCUT2D eigenvalue weighted by Crippen LogP contribution is 2.39. The van der Waals surface area contributed by atoms with Crippen molar-refractivity contribution in [3.8, 4) is 0 Å². The molecular weight excluding hydrogens is 423 g/mol. The molecule has 1 aliphatic rings. The van der Waals surface area contributed by atoms with E-state index in [2.05, 4.69) is 30.8 Å². The van der Waals surface area contributed by atoms with E-state index in [1.807, 2.05) is 0 Å². The lowest BCUT2D eigenvalue weighted by atomic mass is 10.0. The van der Waals surface area contributed by atoms with Gasteiger partial charge in [0.2, 0.25) is 0 Å². The maximum atomic E-state index is 13.9. The highest BCUT2D eigenvalue weighted by Gasteiger charge is 2.67. The van der Waals surface area contributed by atoms with Crippen molar-refractivity contribution in [3.63, 3.8) is 0 Å². The molecule has 1 unspecified atom stereocenters. The van der Waals surface area contributed by atoms with Crippen molar-refractivity contribution in [2.45, 2.75) is 25.7 Å². The van der Waals surface area contributed by atoms with Crippen LogP contribution in [0.3, 0.4) is 0 Å². The summed E-state index contributed by atoms with van der Waals surface area (Å²) in [4.78, 5) is 28.2. The SMILES string of the molecule is CCOC(=O)c1cn[nH]c1N/N=C1/C(C)=NN(C(=O)c2ccncc2)C1(O)C(F)(F)F. The standard InChI is InChI=1S/C17H16F3N7O4/c1-3-31-15(29)11-8-22-24-13(11)25-23-12-9(2)26-27(16(12,30)17(18,19)20)14(28)10-4-6-21-7-5-10/h4-8,30H,3H2,1-2H3,(H2,22,24,25)/b23-12-. The third-order valence-corrected chi connectivity index (χ3v) is 4.16.